The minimum atomic E-state index is 0.463. The molecule has 0 N–H and O–H groups in total. The van der Waals surface area contributed by atoms with Gasteiger partial charge in [0, 0.05) is 5.54 Å². The molecule has 1 unspecified atom stereocenters. The van der Waals surface area contributed by atoms with Crippen molar-refractivity contribution in [2.45, 2.75) is 12.5 Å². The lowest BCUT2D eigenvalue weighted by Gasteiger charge is -2.07. The quantitative estimate of drug-likeness (QED) is 0.474. The van der Waals surface area contributed by atoms with E-state index < -0.39 is 0 Å². The molecule has 2 radical (unpaired) electrons. The number of halogens is 1. The van der Waals surface area contributed by atoms with Crippen LogP contribution in [0.1, 0.15) is 23.6 Å². The van der Waals surface area contributed by atoms with Gasteiger partial charge < -0.3 is 0 Å². The smallest absolute Gasteiger partial charge is 0.170 e. The molecular weight excluding hydrogens is 184 g/mol. The van der Waals surface area contributed by atoms with Crippen molar-refractivity contribution < 1.29 is 0 Å². The third-order valence-corrected chi connectivity index (χ3v) is 3.89. The Morgan fingerprint density at radius 3 is 2.83 bits per heavy atom. The predicted molar refractivity (Wildman–Crippen MR) is 54.4 cm³/mol. The lowest BCUT2D eigenvalue weighted by Crippen LogP contribution is -2.00. The maximum atomic E-state index is 5.92. The monoisotopic (exact) mass is 192 g/mol. The number of fused-ring (bicyclic) bond motifs is 1. The molecule has 0 bridgehead atoms. The van der Waals surface area contributed by atoms with E-state index in [1.807, 2.05) is 0 Å². The minimum Gasteiger partial charge on any atom is -0.170 e. The molecule has 0 nitrogen and oxygen atoms in total. The zero-order chi connectivity index (χ0) is 8.55. The van der Waals surface area contributed by atoms with Gasteiger partial charge in [-0.1, -0.05) is 35.9 Å². The number of benzene rings is 1. The normalized spacial score (nSPS) is 20.5. The predicted octanol–water partition coefficient (Wildman–Crippen LogP) is 3.00. The van der Waals surface area contributed by atoms with E-state index in [2.05, 4.69) is 37.3 Å². The Bertz CT molecular complexity index is 330. The Balaban J connectivity index is 2.50. The average Bonchev–Trinajstić information content (AvgIpc) is 2.40. The van der Waals surface area contributed by atoms with Crippen LogP contribution in [0.25, 0.3) is 6.08 Å². The van der Waals surface area contributed by atoms with Crippen molar-refractivity contribution in [2.24, 2.45) is 0 Å². The molecule has 0 fully saturated rings. The second-order valence-corrected chi connectivity index (χ2v) is 4.51. The van der Waals surface area contributed by atoms with Crippen molar-refractivity contribution in [3.8, 4) is 0 Å². The van der Waals surface area contributed by atoms with Gasteiger partial charge in [0.05, 0.1) is 0 Å². The van der Waals surface area contributed by atoms with Gasteiger partial charge in [0.25, 0.3) is 0 Å². The summed E-state index contributed by atoms with van der Waals surface area (Å²) in [5.41, 5.74) is 4.60. The molecule has 1 aliphatic carbocycles. The van der Waals surface area contributed by atoms with Gasteiger partial charge in [-0.3, -0.25) is 0 Å². The first-order valence-electron chi connectivity index (χ1n) is 3.96. The molecule has 0 saturated heterocycles. The second-order valence-electron chi connectivity index (χ2n) is 3.06. The van der Waals surface area contributed by atoms with E-state index in [0.29, 0.717) is 14.4 Å². The Morgan fingerprint density at radius 2 is 2.08 bits per heavy atom. The van der Waals surface area contributed by atoms with Crippen LogP contribution in [0.4, 0.5) is 0 Å². The van der Waals surface area contributed by atoms with Crippen molar-refractivity contribution in [1.82, 2.24) is 0 Å². The zero-order valence-electron chi connectivity index (χ0n) is 6.84. The summed E-state index contributed by atoms with van der Waals surface area (Å²) >= 11 is 5.92. The highest BCUT2D eigenvalue weighted by Gasteiger charge is 2.21. The molecule has 1 aromatic carbocycles. The van der Waals surface area contributed by atoms with Gasteiger partial charge in [-0.15, -0.1) is 0 Å². The fourth-order valence-corrected chi connectivity index (χ4v) is 3.13. The molecule has 0 saturated carbocycles. The molecule has 1 atom stereocenters. The van der Waals surface area contributed by atoms with Crippen LogP contribution in [-0.4, -0.2) is 8.83 Å². The van der Waals surface area contributed by atoms with Crippen LogP contribution in [0.2, 0.25) is 0 Å². The molecule has 12 heavy (non-hydrogen) atoms. The van der Waals surface area contributed by atoms with E-state index in [0.717, 1.165) is 0 Å². The van der Waals surface area contributed by atoms with Crippen molar-refractivity contribution in [1.29, 1.82) is 0 Å². The molecule has 60 valence electrons. The number of allylic oxidation sites excluding steroid dienone is 1. The molecule has 2 rings (SSSR count). The summed E-state index contributed by atoms with van der Waals surface area (Å²) < 4.78 is 0. The fourth-order valence-electron chi connectivity index (χ4n) is 1.62. The summed E-state index contributed by atoms with van der Waals surface area (Å²) in [6, 6.07) is 8.47. The van der Waals surface area contributed by atoms with Crippen LogP contribution in [0.15, 0.2) is 29.8 Å². The van der Waals surface area contributed by atoms with Gasteiger partial charge in [-0.25, -0.2) is 0 Å². The molecule has 2 heteroatoms. The minimum absolute atomic E-state index is 0.463. The van der Waals surface area contributed by atoms with E-state index in [9.17, 15) is 0 Å². The van der Waals surface area contributed by atoms with Gasteiger partial charge in [0.15, 0.2) is 8.83 Å². The molecule has 0 aromatic heterocycles. The van der Waals surface area contributed by atoms with E-state index in [1.54, 1.807) is 0 Å². The van der Waals surface area contributed by atoms with Crippen molar-refractivity contribution in [3.63, 3.8) is 0 Å². The topological polar surface area (TPSA) is 0 Å². The van der Waals surface area contributed by atoms with Gasteiger partial charge >= 0.3 is 0 Å². The molecule has 0 aliphatic heterocycles. The first-order valence-corrected chi connectivity index (χ1v) is 6.05. The maximum Gasteiger partial charge on any atom is 0.184 e. The lowest BCUT2D eigenvalue weighted by atomic mass is 10.1. The van der Waals surface area contributed by atoms with Crippen LogP contribution in [0, 0.1) is 0 Å². The fraction of sp³-hybridized carbons (Fsp3) is 0.200. The highest BCUT2D eigenvalue weighted by Crippen LogP contribution is 2.35. The number of hydrogen-bond donors (Lipinski definition) is 0. The summed E-state index contributed by atoms with van der Waals surface area (Å²) in [5, 5.41) is 0. The largest absolute Gasteiger partial charge is 0.184 e. The molecular formula is C10H9ClSi. The van der Waals surface area contributed by atoms with E-state index in [1.165, 1.54) is 16.7 Å². The van der Waals surface area contributed by atoms with E-state index in [4.69, 9.17) is 11.1 Å². The first-order chi connectivity index (χ1) is 5.83. The SMILES string of the molecule is CC1=Cc2ccccc2C1[Si]Cl. The summed E-state index contributed by atoms with van der Waals surface area (Å²) in [6.07, 6.45) is 2.23. The van der Waals surface area contributed by atoms with Crippen LogP contribution in [0.5, 0.6) is 0 Å². The van der Waals surface area contributed by atoms with Crippen molar-refractivity contribution >= 4 is 26.0 Å². The maximum absolute atomic E-state index is 5.92. The average molecular weight is 193 g/mol. The summed E-state index contributed by atoms with van der Waals surface area (Å²) in [5.74, 6) is 0. The highest BCUT2D eigenvalue weighted by molar-refractivity contribution is 6.94. The Labute approximate surface area is 79.8 Å². The molecule has 0 heterocycles. The Kier molecular flexibility index (Phi) is 2.07. The summed E-state index contributed by atoms with van der Waals surface area (Å²) in [7, 11) is 0.463. The number of rotatable bonds is 1. The van der Waals surface area contributed by atoms with Crippen LogP contribution < -0.4 is 0 Å². The Morgan fingerprint density at radius 1 is 1.33 bits per heavy atom. The lowest BCUT2D eigenvalue weighted by molar-refractivity contribution is 1.14. The summed E-state index contributed by atoms with van der Waals surface area (Å²) in [4.78, 5) is 0. The first kappa shape index (κ1) is 8.08. The van der Waals surface area contributed by atoms with Gasteiger partial charge in [-0.05, 0) is 18.1 Å². The van der Waals surface area contributed by atoms with Gasteiger partial charge in [0.1, 0.15) is 0 Å². The van der Waals surface area contributed by atoms with Crippen LogP contribution in [-0.2, 0) is 0 Å². The van der Waals surface area contributed by atoms with Crippen LogP contribution in [0.3, 0.4) is 0 Å². The molecule has 1 aliphatic rings. The zero-order valence-corrected chi connectivity index (χ0v) is 8.60. The summed E-state index contributed by atoms with van der Waals surface area (Å²) in [6.45, 7) is 2.15. The molecule has 0 amide bonds. The van der Waals surface area contributed by atoms with Crippen LogP contribution >= 0.6 is 11.1 Å². The van der Waals surface area contributed by atoms with E-state index in [-0.39, 0.29) is 0 Å². The standard InChI is InChI=1S/C10H9ClSi/c1-7-6-8-4-2-3-5-9(8)10(7)12-11/h2-6,10H,1H3. The molecule has 0 spiro atoms. The van der Waals surface area contributed by atoms with Gasteiger partial charge in [-0.2, -0.15) is 11.1 Å². The third-order valence-electron chi connectivity index (χ3n) is 2.25. The van der Waals surface area contributed by atoms with Crippen molar-refractivity contribution in [2.75, 3.05) is 0 Å². The Hall–Kier alpha value is -0.533. The second kappa shape index (κ2) is 3.07. The highest BCUT2D eigenvalue weighted by atomic mass is 35.6. The van der Waals surface area contributed by atoms with E-state index >= 15 is 0 Å². The third kappa shape index (κ3) is 1.13. The number of hydrogen-bond acceptors (Lipinski definition) is 0. The van der Waals surface area contributed by atoms with Crippen molar-refractivity contribution in [3.05, 3.63) is 41.0 Å². The van der Waals surface area contributed by atoms with Gasteiger partial charge in [0.2, 0.25) is 0 Å². The molecule has 1 aromatic rings.